The largest absolute Gasteiger partial charge is 0.295 e. The van der Waals surface area contributed by atoms with Crippen LogP contribution in [-0.4, -0.2) is 47.3 Å². The molecule has 0 saturated carbocycles. The van der Waals surface area contributed by atoms with Gasteiger partial charge in [0.25, 0.3) is 31.7 Å². The molecule has 0 atom stereocenters. The quantitative estimate of drug-likeness (QED) is 0.312. The normalized spacial score (nSPS) is 15.7. The SMILES string of the molecule is CC1=NN(c2ccc(S(=O)(=O)O)cc2)C(=O)C1=C/C=C/c1c(C)[nH]n(-c2ccc(S(=O)(=O)O)cc2)c1=O. The fourth-order valence-electron chi connectivity index (χ4n) is 3.59. The van der Waals surface area contributed by atoms with Gasteiger partial charge in [0.1, 0.15) is 0 Å². The Morgan fingerprint density at radius 1 is 0.838 bits per heavy atom. The van der Waals surface area contributed by atoms with E-state index in [4.69, 9.17) is 9.11 Å². The Morgan fingerprint density at radius 2 is 1.35 bits per heavy atom. The maximum Gasteiger partial charge on any atom is 0.294 e. The molecule has 14 heteroatoms. The van der Waals surface area contributed by atoms with Crippen LogP contribution in [0.5, 0.6) is 0 Å². The van der Waals surface area contributed by atoms with E-state index in [1.807, 2.05) is 0 Å². The van der Waals surface area contributed by atoms with Gasteiger partial charge in [-0.15, -0.1) is 0 Å². The number of hydrogen-bond donors (Lipinski definition) is 3. The average molecular weight is 545 g/mol. The van der Waals surface area contributed by atoms with E-state index in [1.54, 1.807) is 13.8 Å². The molecule has 0 saturated heterocycles. The number of hydrazone groups is 1. The third-order valence-corrected chi connectivity index (χ3v) is 7.21. The van der Waals surface area contributed by atoms with Crippen molar-refractivity contribution >= 4 is 43.6 Å². The summed E-state index contributed by atoms with van der Waals surface area (Å²) in [6.45, 7) is 3.29. The van der Waals surface area contributed by atoms with Crippen LogP contribution in [0.2, 0.25) is 0 Å². The second-order valence-corrected chi connectivity index (χ2v) is 10.8. The first kappa shape index (κ1) is 26.0. The van der Waals surface area contributed by atoms with E-state index in [0.29, 0.717) is 28.3 Å². The molecular formula is C23H20N4O8S2. The van der Waals surface area contributed by atoms with Gasteiger partial charge in [0.15, 0.2) is 0 Å². The lowest BCUT2D eigenvalue weighted by atomic mass is 10.1. The Hall–Kier alpha value is -4.11. The Morgan fingerprint density at radius 3 is 1.86 bits per heavy atom. The second kappa shape index (κ2) is 9.40. The van der Waals surface area contributed by atoms with Gasteiger partial charge in [-0.1, -0.05) is 6.08 Å². The highest BCUT2D eigenvalue weighted by molar-refractivity contribution is 7.86. The van der Waals surface area contributed by atoms with E-state index in [1.165, 1.54) is 59.3 Å². The van der Waals surface area contributed by atoms with E-state index in [-0.39, 0.29) is 15.4 Å². The summed E-state index contributed by atoms with van der Waals surface area (Å²) < 4.78 is 64.3. The maximum absolute atomic E-state index is 12.9. The first-order chi connectivity index (χ1) is 17.3. The summed E-state index contributed by atoms with van der Waals surface area (Å²) in [5.41, 5.74) is 1.70. The molecule has 1 aliphatic rings. The van der Waals surface area contributed by atoms with Gasteiger partial charge in [0, 0.05) is 5.69 Å². The number of allylic oxidation sites excluding steroid dienone is 2. The van der Waals surface area contributed by atoms with Crippen LogP contribution in [0.25, 0.3) is 11.8 Å². The number of aryl methyl sites for hydroxylation is 1. The van der Waals surface area contributed by atoms with Crippen LogP contribution < -0.4 is 10.6 Å². The Balaban J connectivity index is 1.57. The third kappa shape index (κ3) is 5.22. The van der Waals surface area contributed by atoms with Crippen molar-refractivity contribution < 1.29 is 30.7 Å². The van der Waals surface area contributed by atoms with Gasteiger partial charge in [0.05, 0.1) is 38.0 Å². The zero-order valence-corrected chi connectivity index (χ0v) is 21.0. The molecule has 3 aromatic rings. The smallest absolute Gasteiger partial charge is 0.294 e. The van der Waals surface area contributed by atoms with Crippen molar-refractivity contribution in [2.45, 2.75) is 23.6 Å². The molecule has 0 radical (unpaired) electrons. The number of amides is 1. The predicted octanol–water partition coefficient (Wildman–Crippen LogP) is 2.33. The van der Waals surface area contributed by atoms with Crippen LogP contribution in [0.15, 0.2) is 85.9 Å². The molecule has 2 heterocycles. The molecule has 37 heavy (non-hydrogen) atoms. The van der Waals surface area contributed by atoms with Crippen molar-refractivity contribution in [3.05, 3.63) is 87.9 Å². The molecule has 2 aromatic carbocycles. The Labute approximate surface area is 211 Å². The molecule has 12 nitrogen and oxygen atoms in total. The van der Waals surface area contributed by atoms with Gasteiger partial charge in [-0.05, 0) is 74.5 Å². The Kier molecular flexibility index (Phi) is 6.60. The summed E-state index contributed by atoms with van der Waals surface area (Å²) in [4.78, 5) is 25.1. The monoisotopic (exact) mass is 544 g/mol. The summed E-state index contributed by atoms with van der Waals surface area (Å²) >= 11 is 0. The molecule has 1 aliphatic heterocycles. The summed E-state index contributed by atoms with van der Waals surface area (Å²) in [6.07, 6.45) is 4.51. The zero-order valence-electron chi connectivity index (χ0n) is 19.4. The molecule has 0 spiro atoms. The highest BCUT2D eigenvalue weighted by Crippen LogP contribution is 2.25. The molecule has 1 aromatic heterocycles. The van der Waals surface area contributed by atoms with Gasteiger partial charge < -0.3 is 0 Å². The van der Waals surface area contributed by atoms with Crippen LogP contribution in [-0.2, 0) is 25.0 Å². The van der Waals surface area contributed by atoms with Gasteiger partial charge in [0.2, 0.25) is 0 Å². The number of nitrogens with one attached hydrogen (secondary N) is 1. The molecule has 0 bridgehead atoms. The van der Waals surface area contributed by atoms with E-state index in [2.05, 4.69) is 10.2 Å². The number of rotatable bonds is 6. The van der Waals surface area contributed by atoms with Crippen LogP contribution in [0.1, 0.15) is 18.2 Å². The van der Waals surface area contributed by atoms with E-state index in [0.717, 1.165) is 17.1 Å². The molecule has 0 aliphatic carbocycles. The van der Waals surface area contributed by atoms with Gasteiger partial charge in [-0.3, -0.25) is 23.8 Å². The summed E-state index contributed by atoms with van der Waals surface area (Å²) in [5, 5.41) is 8.17. The number of H-pyrrole nitrogens is 1. The minimum atomic E-state index is -4.37. The fraction of sp³-hybridized carbons (Fsp3) is 0.0870. The van der Waals surface area contributed by atoms with E-state index < -0.39 is 31.7 Å². The minimum absolute atomic E-state index is 0.254. The van der Waals surface area contributed by atoms with Gasteiger partial charge in [-0.2, -0.15) is 26.9 Å². The van der Waals surface area contributed by atoms with Gasteiger partial charge >= 0.3 is 0 Å². The molecule has 192 valence electrons. The first-order valence-electron chi connectivity index (χ1n) is 10.5. The van der Waals surface area contributed by atoms with Crippen molar-refractivity contribution in [3.63, 3.8) is 0 Å². The highest BCUT2D eigenvalue weighted by Gasteiger charge is 2.28. The number of aromatic nitrogens is 2. The molecular weight excluding hydrogens is 524 g/mol. The molecule has 1 amide bonds. The van der Waals surface area contributed by atoms with E-state index >= 15 is 0 Å². The van der Waals surface area contributed by atoms with Crippen LogP contribution in [0.4, 0.5) is 5.69 Å². The standard InChI is InChI=1S/C23H20N4O8S2/c1-14-20(22(28)26(24-14)16-6-10-18(11-7-16)36(30,31)32)4-3-5-21-15(2)25-27(23(21)29)17-8-12-19(13-9-17)37(33,34)35/h3-13,24H,1-2H3,(H,30,31,32)(H,33,34,35)/b4-3+,21-5?. The van der Waals surface area contributed by atoms with Crippen molar-refractivity contribution in [2.75, 3.05) is 5.01 Å². The number of carbonyl (C=O) groups is 1. The Bertz CT molecular complexity index is 1760. The van der Waals surface area contributed by atoms with Crippen molar-refractivity contribution in [2.24, 2.45) is 5.10 Å². The van der Waals surface area contributed by atoms with Crippen molar-refractivity contribution in [1.82, 2.24) is 9.78 Å². The lowest BCUT2D eigenvalue weighted by Crippen LogP contribution is -2.21. The van der Waals surface area contributed by atoms with Crippen molar-refractivity contribution in [1.29, 1.82) is 0 Å². The van der Waals surface area contributed by atoms with Crippen LogP contribution in [0.3, 0.4) is 0 Å². The lowest BCUT2D eigenvalue weighted by molar-refractivity contribution is -0.114. The number of benzene rings is 2. The second-order valence-electron chi connectivity index (χ2n) is 7.97. The summed E-state index contributed by atoms with van der Waals surface area (Å²) in [6, 6.07) is 10.1. The number of nitrogens with zero attached hydrogens (tertiary/aromatic N) is 3. The third-order valence-electron chi connectivity index (χ3n) is 5.48. The minimum Gasteiger partial charge on any atom is -0.295 e. The zero-order chi connectivity index (χ0) is 27.1. The number of anilines is 1. The molecule has 0 fully saturated rings. The fourth-order valence-corrected chi connectivity index (χ4v) is 4.55. The van der Waals surface area contributed by atoms with Crippen LogP contribution >= 0.6 is 0 Å². The number of carbonyl (C=O) groups excluding carboxylic acids is 1. The molecule has 4 rings (SSSR count). The average Bonchev–Trinajstić information content (AvgIpc) is 3.28. The van der Waals surface area contributed by atoms with Crippen molar-refractivity contribution in [3.8, 4) is 5.69 Å². The predicted molar refractivity (Wildman–Crippen MR) is 135 cm³/mol. The summed E-state index contributed by atoms with van der Waals surface area (Å²) in [7, 11) is -8.74. The highest BCUT2D eigenvalue weighted by atomic mass is 32.2. The maximum atomic E-state index is 12.9. The number of hydrogen-bond acceptors (Lipinski definition) is 7. The number of aromatic amines is 1. The van der Waals surface area contributed by atoms with Gasteiger partial charge in [-0.25, -0.2) is 4.68 Å². The molecule has 0 unspecified atom stereocenters. The molecule has 3 N–H and O–H groups in total. The first-order valence-corrected chi connectivity index (χ1v) is 13.4. The summed E-state index contributed by atoms with van der Waals surface area (Å²) in [5.74, 6) is -0.469. The lowest BCUT2D eigenvalue weighted by Gasteiger charge is -2.11. The topological polar surface area (TPSA) is 179 Å². The van der Waals surface area contributed by atoms with E-state index in [9.17, 15) is 26.4 Å². The van der Waals surface area contributed by atoms with Crippen LogP contribution in [0, 0.1) is 6.92 Å².